The zero-order valence-corrected chi connectivity index (χ0v) is 15.4. The number of esters is 2. The molecule has 2 aromatic rings. The van der Waals surface area contributed by atoms with Crippen LogP contribution in [0.2, 0.25) is 0 Å². The number of hydrogen-bond acceptors (Lipinski definition) is 6. The third-order valence-corrected chi connectivity index (χ3v) is 4.87. The van der Waals surface area contributed by atoms with E-state index in [1.807, 2.05) is 0 Å². The number of rotatable bonds is 6. The molecule has 2 aromatic carbocycles. The van der Waals surface area contributed by atoms with Crippen molar-refractivity contribution in [1.29, 1.82) is 0 Å². The van der Waals surface area contributed by atoms with Gasteiger partial charge in [-0.05, 0) is 29.8 Å². The number of carbonyl (C=O) groups excluding carboxylic acids is 2. The number of carbonyl (C=O) groups is 2. The van der Waals surface area contributed by atoms with E-state index in [0.717, 1.165) is 10.6 Å². The zero-order valence-electron chi connectivity index (χ0n) is 14.6. The fraction of sp³-hybridized carbons (Fsp3) is 0.222. The van der Waals surface area contributed by atoms with E-state index in [2.05, 4.69) is 4.74 Å². The number of ether oxygens (including phenoxy) is 2. The van der Waals surface area contributed by atoms with Crippen molar-refractivity contribution in [3.8, 4) is 0 Å². The topological polar surface area (TPSA) is 90.0 Å². The van der Waals surface area contributed by atoms with E-state index in [-0.39, 0.29) is 17.9 Å². The van der Waals surface area contributed by atoms with Crippen LogP contribution in [-0.4, -0.2) is 40.8 Å². The van der Waals surface area contributed by atoms with Crippen molar-refractivity contribution in [3.63, 3.8) is 0 Å². The highest BCUT2D eigenvalue weighted by molar-refractivity contribution is 7.92. The fourth-order valence-electron chi connectivity index (χ4n) is 2.23. The summed E-state index contributed by atoms with van der Waals surface area (Å²) in [7, 11) is -0.879. The van der Waals surface area contributed by atoms with Crippen LogP contribution in [0.4, 0.5) is 5.69 Å². The molecule has 2 rings (SSSR count). The van der Waals surface area contributed by atoms with Gasteiger partial charge in [0.05, 0.1) is 30.2 Å². The molecule has 7 nitrogen and oxygen atoms in total. The van der Waals surface area contributed by atoms with E-state index in [9.17, 15) is 18.0 Å². The Morgan fingerprint density at radius 1 is 1.04 bits per heavy atom. The third-order valence-electron chi connectivity index (χ3n) is 3.68. The normalized spacial score (nSPS) is 10.9. The first-order valence-electron chi connectivity index (χ1n) is 7.61. The average Bonchev–Trinajstić information content (AvgIpc) is 2.64. The Labute approximate surface area is 152 Å². The number of sulfonamides is 1. The number of para-hydroxylation sites is 1. The number of nitrogens with zero attached hydrogens (tertiary/aromatic N) is 1. The van der Waals surface area contributed by atoms with Crippen molar-refractivity contribution in [2.75, 3.05) is 24.7 Å². The quantitative estimate of drug-likeness (QED) is 0.717. The summed E-state index contributed by atoms with van der Waals surface area (Å²) in [6.45, 7) is -0.0689. The lowest BCUT2D eigenvalue weighted by atomic mass is 10.1. The lowest BCUT2D eigenvalue weighted by Crippen LogP contribution is -2.26. The molecule has 0 radical (unpaired) electrons. The molecular weight excluding hydrogens is 358 g/mol. The van der Waals surface area contributed by atoms with Crippen LogP contribution in [0.1, 0.15) is 26.3 Å². The predicted molar refractivity (Wildman–Crippen MR) is 96.6 cm³/mol. The van der Waals surface area contributed by atoms with E-state index < -0.39 is 22.0 Å². The molecule has 0 heterocycles. The molecule has 0 aliphatic rings. The smallest absolute Gasteiger partial charge is 0.340 e. The standard InChI is InChI=1S/C18H19NO6S/c1-19(26(3,22)23)16-10-5-4-9-15(16)18(21)25-12-13-7-6-8-14(11-13)17(20)24-2/h4-11H,12H2,1-3H3. The van der Waals surface area contributed by atoms with Gasteiger partial charge >= 0.3 is 11.9 Å². The highest BCUT2D eigenvalue weighted by atomic mass is 32.2. The van der Waals surface area contributed by atoms with Crippen LogP contribution < -0.4 is 4.31 Å². The summed E-state index contributed by atoms with van der Waals surface area (Å²) in [4.78, 5) is 24.0. The molecule has 0 saturated carbocycles. The Hall–Kier alpha value is -2.87. The molecule has 0 saturated heterocycles. The molecular formula is C18H19NO6S. The number of anilines is 1. The molecule has 0 bridgehead atoms. The highest BCUT2D eigenvalue weighted by Crippen LogP contribution is 2.22. The minimum Gasteiger partial charge on any atom is -0.465 e. The number of hydrogen-bond donors (Lipinski definition) is 0. The van der Waals surface area contributed by atoms with Crippen LogP contribution >= 0.6 is 0 Å². The van der Waals surface area contributed by atoms with Crippen LogP contribution in [0, 0.1) is 0 Å². The van der Waals surface area contributed by atoms with Gasteiger partial charge in [0.15, 0.2) is 0 Å². The maximum absolute atomic E-state index is 12.4. The maximum atomic E-state index is 12.4. The van der Waals surface area contributed by atoms with Crippen molar-refractivity contribution in [2.45, 2.75) is 6.61 Å². The van der Waals surface area contributed by atoms with Gasteiger partial charge in [-0.1, -0.05) is 24.3 Å². The largest absolute Gasteiger partial charge is 0.465 e. The van der Waals surface area contributed by atoms with Crippen LogP contribution in [0.25, 0.3) is 0 Å². The second kappa shape index (κ2) is 8.01. The van der Waals surface area contributed by atoms with Gasteiger partial charge in [-0.2, -0.15) is 0 Å². The van der Waals surface area contributed by atoms with E-state index in [1.165, 1.54) is 26.3 Å². The molecule has 0 N–H and O–H groups in total. The minimum atomic E-state index is -3.52. The SMILES string of the molecule is COC(=O)c1cccc(COC(=O)c2ccccc2N(C)S(C)(=O)=O)c1. The summed E-state index contributed by atoms with van der Waals surface area (Å²) in [6.07, 6.45) is 1.05. The molecule has 0 aliphatic heterocycles. The van der Waals surface area contributed by atoms with Crippen molar-refractivity contribution >= 4 is 27.6 Å². The van der Waals surface area contributed by atoms with Crippen LogP contribution in [0.5, 0.6) is 0 Å². The van der Waals surface area contributed by atoms with Gasteiger partial charge in [-0.25, -0.2) is 18.0 Å². The van der Waals surface area contributed by atoms with Gasteiger partial charge in [0, 0.05) is 7.05 Å². The van der Waals surface area contributed by atoms with E-state index in [1.54, 1.807) is 36.4 Å². The van der Waals surface area contributed by atoms with Crippen molar-refractivity contribution in [2.24, 2.45) is 0 Å². The second-order valence-corrected chi connectivity index (χ2v) is 7.53. The summed E-state index contributed by atoms with van der Waals surface area (Å²) in [5.74, 6) is -1.15. The predicted octanol–water partition coefficient (Wildman–Crippen LogP) is 2.23. The minimum absolute atomic E-state index is 0.0689. The average molecular weight is 377 g/mol. The van der Waals surface area contributed by atoms with Crippen molar-refractivity contribution < 1.29 is 27.5 Å². The molecule has 0 unspecified atom stereocenters. The van der Waals surface area contributed by atoms with Crippen molar-refractivity contribution in [3.05, 3.63) is 65.2 Å². The van der Waals surface area contributed by atoms with Gasteiger partial charge in [0.1, 0.15) is 6.61 Å². The summed E-state index contributed by atoms with van der Waals surface area (Å²) < 4.78 is 34.4. The molecule has 0 aliphatic carbocycles. The first kappa shape index (κ1) is 19.5. The second-order valence-electron chi connectivity index (χ2n) is 5.52. The lowest BCUT2D eigenvalue weighted by Gasteiger charge is -2.19. The molecule has 0 fully saturated rings. The van der Waals surface area contributed by atoms with Gasteiger partial charge in [0.25, 0.3) is 0 Å². The fourth-order valence-corrected chi connectivity index (χ4v) is 2.75. The lowest BCUT2D eigenvalue weighted by molar-refractivity contribution is 0.0473. The van der Waals surface area contributed by atoms with Crippen LogP contribution in [0.15, 0.2) is 48.5 Å². The van der Waals surface area contributed by atoms with Gasteiger partial charge in [-0.3, -0.25) is 4.31 Å². The molecule has 0 amide bonds. The Morgan fingerprint density at radius 3 is 2.38 bits per heavy atom. The Balaban J connectivity index is 2.18. The maximum Gasteiger partial charge on any atom is 0.340 e. The molecule has 0 atom stereocenters. The van der Waals surface area contributed by atoms with Gasteiger partial charge in [-0.15, -0.1) is 0 Å². The number of methoxy groups -OCH3 is 1. The van der Waals surface area contributed by atoms with E-state index in [4.69, 9.17) is 4.74 Å². The van der Waals surface area contributed by atoms with Gasteiger partial charge < -0.3 is 9.47 Å². The van der Waals surface area contributed by atoms with Crippen LogP contribution in [-0.2, 0) is 26.1 Å². The first-order chi connectivity index (χ1) is 12.2. The van der Waals surface area contributed by atoms with Gasteiger partial charge in [0.2, 0.25) is 10.0 Å². The Bertz CT molecular complexity index is 923. The Kier molecular flexibility index (Phi) is 5.99. The summed E-state index contributed by atoms with van der Waals surface area (Å²) >= 11 is 0. The molecule has 138 valence electrons. The molecule has 0 aromatic heterocycles. The summed E-state index contributed by atoms with van der Waals surface area (Å²) in [6, 6.07) is 12.8. The monoisotopic (exact) mass is 377 g/mol. The highest BCUT2D eigenvalue weighted by Gasteiger charge is 2.20. The first-order valence-corrected chi connectivity index (χ1v) is 9.46. The summed E-state index contributed by atoms with van der Waals surface area (Å²) in [5, 5.41) is 0. The van der Waals surface area contributed by atoms with Crippen LogP contribution in [0.3, 0.4) is 0 Å². The molecule has 8 heteroatoms. The Morgan fingerprint density at radius 2 is 1.73 bits per heavy atom. The summed E-state index contributed by atoms with van der Waals surface area (Å²) in [5.41, 5.74) is 1.31. The zero-order chi connectivity index (χ0) is 19.3. The van der Waals surface area contributed by atoms with Crippen molar-refractivity contribution in [1.82, 2.24) is 0 Å². The molecule has 26 heavy (non-hydrogen) atoms. The molecule has 0 spiro atoms. The third kappa shape index (κ3) is 4.60. The van der Waals surface area contributed by atoms with E-state index >= 15 is 0 Å². The van der Waals surface area contributed by atoms with E-state index in [0.29, 0.717) is 11.1 Å². The number of benzene rings is 2.